The van der Waals surface area contributed by atoms with E-state index in [0.29, 0.717) is 26.1 Å². The van der Waals surface area contributed by atoms with E-state index in [4.69, 9.17) is 0 Å². The molecule has 3 aliphatic rings. The topological polar surface area (TPSA) is 90.0 Å². The van der Waals surface area contributed by atoms with Crippen molar-refractivity contribution in [3.8, 4) is 0 Å². The number of aliphatic carboxylic acids is 1. The van der Waals surface area contributed by atoms with E-state index in [1.165, 1.54) is 11.8 Å². The quantitative estimate of drug-likeness (QED) is 0.756. The fraction of sp³-hybridized carbons (Fsp3) is 0.824. The summed E-state index contributed by atoms with van der Waals surface area (Å²) in [4.78, 5) is 39.3. The predicted molar refractivity (Wildman–Crippen MR) is 87.3 cm³/mol. The largest absolute Gasteiger partial charge is 0.480 e. The second-order valence-corrected chi connectivity index (χ2v) is 7.55. The van der Waals surface area contributed by atoms with Gasteiger partial charge in [-0.05, 0) is 50.6 Å². The van der Waals surface area contributed by atoms with Crippen molar-refractivity contribution in [2.75, 3.05) is 32.7 Å². The second-order valence-electron chi connectivity index (χ2n) is 7.55. The normalized spacial score (nSPS) is 27.5. The first-order chi connectivity index (χ1) is 11.4. The molecule has 2 amide bonds. The molecule has 2 N–H and O–H groups in total. The lowest BCUT2D eigenvalue weighted by molar-refractivity contribution is -0.147. The fourth-order valence-electron chi connectivity index (χ4n) is 4.50. The summed E-state index contributed by atoms with van der Waals surface area (Å²) in [6, 6.07) is -0.714. The second kappa shape index (κ2) is 6.70. The van der Waals surface area contributed by atoms with Gasteiger partial charge >= 0.3 is 5.97 Å². The molecule has 3 fully saturated rings. The van der Waals surface area contributed by atoms with Crippen molar-refractivity contribution in [1.82, 2.24) is 15.1 Å². The van der Waals surface area contributed by atoms with Crippen molar-refractivity contribution in [2.45, 2.75) is 45.1 Å². The maximum Gasteiger partial charge on any atom is 0.326 e. The highest BCUT2D eigenvalue weighted by molar-refractivity contribution is 5.83. The number of hydrogen-bond donors (Lipinski definition) is 2. The van der Waals surface area contributed by atoms with Gasteiger partial charge in [0.15, 0.2) is 0 Å². The van der Waals surface area contributed by atoms with Crippen LogP contribution in [0.1, 0.15) is 39.0 Å². The molecule has 3 rings (SSSR count). The van der Waals surface area contributed by atoms with Crippen molar-refractivity contribution < 1.29 is 19.5 Å². The molecule has 0 aromatic carbocycles. The van der Waals surface area contributed by atoms with Crippen LogP contribution in [0.2, 0.25) is 0 Å². The summed E-state index contributed by atoms with van der Waals surface area (Å²) < 4.78 is 0. The predicted octanol–water partition coefficient (Wildman–Crippen LogP) is 0.300. The lowest BCUT2D eigenvalue weighted by Gasteiger charge is -2.40. The Kier molecular flexibility index (Phi) is 4.80. The zero-order valence-corrected chi connectivity index (χ0v) is 14.3. The summed E-state index contributed by atoms with van der Waals surface area (Å²) in [5.74, 6) is -0.713. The van der Waals surface area contributed by atoms with Gasteiger partial charge in [0.2, 0.25) is 11.8 Å². The SMILES string of the molecule is CC(=O)N1CC2(CCN(C(=O)C3CCNCC3)CC2)CC1C(=O)O. The molecular formula is C17H27N3O4. The number of nitrogens with one attached hydrogen (secondary N) is 1. The molecule has 0 saturated carbocycles. The smallest absolute Gasteiger partial charge is 0.326 e. The first kappa shape index (κ1) is 17.2. The van der Waals surface area contributed by atoms with Crippen LogP contribution in [0.25, 0.3) is 0 Å². The van der Waals surface area contributed by atoms with Crippen LogP contribution in [0.15, 0.2) is 0 Å². The van der Waals surface area contributed by atoms with Gasteiger partial charge in [-0.3, -0.25) is 9.59 Å². The highest BCUT2D eigenvalue weighted by Gasteiger charge is 2.49. The molecule has 1 spiro atoms. The van der Waals surface area contributed by atoms with Crippen molar-refractivity contribution in [1.29, 1.82) is 0 Å². The van der Waals surface area contributed by atoms with Gasteiger partial charge in [-0.25, -0.2) is 4.79 Å². The van der Waals surface area contributed by atoms with Crippen molar-refractivity contribution in [3.05, 3.63) is 0 Å². The third-order valence-corrected chi connectivity index (χ3v) is 6.02. The number of amides is 2. The molecule has 0 aromatic rings. The van der Waals surface area contributed by atoms with Crippen LogP contribution in [-0.4, -0.2) is 71.5 Å². The lowest BCUT2D eigenvalue weighted by atomic mass is 9.76. The number of carbonyl (C=O) groups excluding carboxylic acids is 2. The van der Waals surface area contributed by atoms with Crippen LogP contribution < -0.4 is 5.32 Å². The van der Waals surface area contributed by atoms with E-state index >= 15 is 0 Å². The minimum absolute atomic E-state index is 0.129. The number of piperidine rings is 2. The Morgan fingerprint density at radius 1 is 1.12 bits per heavy atom. The monoisotopic (exact) mass is 337 g/mol. The number of carbonyl (C=O) groups is 3. The molecule has 3 saturated heterocycles. The summed E-state index contributed by atoms with van der Waals surface area (Å²) in [6.07, 6.45) is 3.89. The Hall–Kier alpha value is -1.63. The molecule has 134 valence electrons. The first-order valence-electron chi connectivity index (χ1n) is 8.91. The number of hydrogen-bond acceptors (Lipinski definition) is 4. The Morgan fingerprint density at radius 2 is 1.75 bits per heavy atom. The standard InChI is InChI=1S/C17H27N3O4/c1-12(21)20-11-17(10-14(20)16(23)24)4-8-19(9-5-17)15(22)13-2-6-18-7-3-13/h13-14,18H,2-11H2,1H3,(H,23,24). The maximum absolute atomic E-state index is 12.6. The fourth-order valence-corrected chi connectivity index (χ4v) is 4.50. The molecule has 1 unspecified atom stereocenters. The molecule has 0 radical (unpaired) electrons. The number of rotatable bonds is 2. The van der Waals surface area contributed by atoms with E-state index in [2.05, 4.69) is 5.32 Å². The maximum atomic E-state index is 12.6. The molecule has 1 atom stereocenters. The van der Waals surface area contributed by atoms with Gasteiger partial charge in [-0.1, -0.05) is 0 Å². The van der Waals surface area contributed by atoms with Crippen LogP contribution in [0.5, 0.6) is 0 Å². The van der Waals surface area contributed by atoms with Crippen LogP contribution >= 0.6 is 0 Å². The van der Waals surface area contributed by atoms with Crippen LogP contribution in [0, 0.1) is 11.3 Å². The summed E-state index contributed by atoms with van der Waals surface area (Å²) in [6.45, 7) is 5.12. The number of likely N-dealkylation sites (tertiary alicyclic amines) is 2. The molecule has 3 aliphatic heterocycles. The molecular weight excluding hydrogens is 310 g/mol. The average molecular weight is 337 g/mol. The van der Waals surface area contributed by atoms with Gasteiger partial charge in [-0.15, -0.1) is 0 Å². The molecule has 7 nitrogen and oxygen atoms in total. The van der Waals surface area contributed by atoms with Gasteiger partial charge in [0.05, 0.1) is 0 Å². The molecule has 0 bridgehead atoms. The Morgan fingerprint density at radius 3 is 2.25 bits per heavy atom. The van der Waals surface area contributed by atoms with E-state index in [0.717, 1.165) is 38.8 Å². The molecule has 0 aromatic heterocycles. The van der Waals surface area contributed by atoms with E-state index in [9.17, 15) is 19.5 Å². The van der Waals surface area contributed by atoms with E-state index in [-0.39, 0.29) is 23.1 Å². The van der Waals surface area contributed by atoms with Gasteiger partial charge in [-0.2, -0.15) is 0 Å². The lowest BCUT2D eigenvalue weighted by Crippen LogP contribution is -2.48. The van der Waals surface area contributed by atoms with Crippen molar-refractivity contribution in [3.63, 3.8) is 0 Å². The van der Waals surface area contributed by atoms with Crippen molar-refractivity contribution >= 4 is 17.8 Å². The van der Waals surface area contributed by atoms with Crippen LogP contribution in [-0.2, 0) is 14.4 Å². The molecule has 24 heavy (non-hydrogen) atoms. The van der Waals surface area contributed by atoms with Gasteiger partial charge in [0.1, 0.15) is 6.04 Å². The Balaban J connectivity index is 1.61. The number of carboxylic acids is 1. The van der Waals surface area contributed by atoms with Gasteiger partial charge < -0.3 is 20.2 Å². The Labute approximate surface area is 142 Å². The summed E-state index contributed by atoms with van der Waals surface area (Å²) in [5.41, 5.74) is -0.139. The molecule has 7 heteroatoms. The minimum Gasteiger partial charge on any atom is -0.480 e. The third kappa shape index (κ3) is 3.27. The molecule has 3 heterocycles. The van der Waals surface area contributed by atoms with Gasteiger partial charge in [0, 0.05) is 32.5 Å². The summed E-state index contributed by atoms with van der Waals surface area (Å²) >= 11 is 0. The Bertz CT molecular complexity index is 498. The number of nitrogens with zero attached hydrogens (tertiary/aromatic N) is 2. The van der Waals surface area contributed by atoms with E-state index in [1.807, 2.05) is 4.90 Å². The zero-order chi connectivity index (χ0) is 17.3. The van der Waals surface area contributed by atoms with Crippen LogP contribution in [0.4, 0.5) is 0 Å². The zero-order valence-electron chi connectivity index (χ0n) is 14.3. The average Bonchev–Trinajstić information content (AvgIpc) is 2.96. The molecule has 0 aliphatic carbocycles. The van der Waals surface area contributed by atoms with Crippen molar-refractivity contribution in [2.24, 2.45) is 11.3 Å². The minimum atomic E-state index is -0.921. The van der Waals surface area contributed by atoms with Gasteiger partial charge in [0.25, 0.3) is 0 Å². The third-order valence-electron chi connectivity index (χ3n) is 6.02. The summed E-state index contributed by atoms with van der Waals surface area (Å²) in [5, 5.41) is 12.7. The highest BCUT2D eigenvalue weighted by Crippen LogP contribution is 2.43. The van der Waals surface area contributed by atoms with E-state index in [1.54, 1.807) is 0 Å². The number of carboxylic acid groups (broad SMARTS) is 1. The first-order valence-corrected chi connectivity index (χ1v) is 8.91. The summed E-state index contributed by atoms with van der Waals surface area (Å²) in [7, 11) is 0. The van der Waals surface area contributed by atoms with E-state index < -0.39 is 12.0 Å². The highest BCUT2D eigenvalue weighted by atomic mass is 16.4. The van der Waals surface area contributed by atoms with Crippen LogP contribution in [0.3, 0.4) is 0 Å².